The number of nitrogens with one attached hydrogen (secondary N) is 4. The molecule has 0 bridgehead atoms. The van der Waals surface area contributed by atoms with Crippen LogP contribution in [-0.2, 0) is 28.0 Å². The van der Waals surface area contributed by atoms with Crippen molar-refractivity contribution in [3.05, 3.63) is 0 Å². The van der Waals surface area contributed by atoms with E-state index in [1.165, 1.54) is 12.8 Å². The predicted molar refractivity (Wildman–Crippen MR) is 88.8 cm³/mol. The molecule has 4 atom stereocenters. The van der Waals surface area contributed by atoms with Crippen LogP contribution in [0.25, 0.3) is 0 Å². The summed E-state index contributed by atoms with van der Waals surface area (Å²) in [5, 5.41) is 14.3. The van der Waals surface area contributed by atoms with Crippen LogP contribution in [0.1, 0.15) is 40.5 Å². The zero-order valence-electron chi connectivity index (χ0n) is 14.0. The second-order valence-electron chi connectivity index (χ2n) is 5.92. The summed E-state index contributed by atoms with van der Waals surface area (Å²) in [4.78, 5) is 0. The number of hydrogen-bond donors (Lipinski definition) is 4. The van der Waals surface area contributed by atoms with E-state index in [0.29, 0.717) is 24.2 Å². The normalized spacial score (nSPS) is 32.6. The van der Waals surface area contributed by atoms with E-state index in [0.717, 1.165) is 26.2 Å². The molecular formula is C14H38CuN4O2+4. The van der Waals surface area contributed by atoms with Gasteiger partial charge >= 0.3 is 17.1 Å². The molecule has 1 fully saturated rings. The summed E-state index contributed by atoms with van der Waals surface area (Å²) < 4.78 is 0. The molecule has 0 spiro atoms. The minimum absolute atomic E-state index is 0. The molecule has 0 aromatic heterocycles. The second-order valence-corrected chi connectivity index (χ2v) is 5.92. The summed E-state index contributed by atoms with van der Waals surface area (Å²) >= 11 is 0. The summed E-state index contributed by atoms with van der Waals surface area (Å²) in [7, 11) is 0. The molecule has 1 heterocycles. The Morgan fingerprint density at radius 2 is 0.952 bits per heavy atom. The Bertz CT molecular complexity index is 183. The molecule has 1 aliphatic rings. The van der Waals surface area contributed by atoms with Crippen molar-refractivity contribution < 1.29 is 28.0 Å². The summed E-state index contributed by atoms with van der Waals surface area (Å²) in [5.41, 5.74) is 0. The quantitative estimate of drug-likeness (QED) is 0.323. The van der Waals surface area contributed by atoms with Crippen molar-refractivity contribution in [2.24, 2.45) is 0 Å². The van der Waals surface area contributed by atoms with Gasteiger partial charge in [0.1, 0.15) is 0 Å². The van der Waals surface area contributed by atoms with Crippen LogP contribution in [0.2, 0.25) is 0 Å². The van der Waals surface area contributed by atoms with E-state index in [-0.39, 0.29) is 28.0 Å². The van der Waals surface area contributed by atoms with Crippen molar-refractivity contribution in [1.82, 2.24) is 21.3 Å². The van der Waals surface area contributed by atoms with Crippen molar-refractivity contribution in [2.75, 3.05) is 26.2 Å². The molecule has 0 aromatic carbocycles. The van der Waals surface area contributed by atoms with Gasteiger partial charge in [0.05, 0.1) is 0 Å². The van der Waals surface area contributed by atoms with E-state index >= 15 is 0 Å². The third kappa shape index (κ3) is 13.7. The van der Waals surface area contributed by atoms with Gasteiger partial charge in [-0.3, -0.25) is 0 Å². The monoisotopic (exact) mass is 357 g/mol. The molecule has 1 rings (SSSR count). The average Bonchev–Trinajstić information content (AvgIpc) is 2.29. The molecule has 0 aliphatic carbocycles. The van der Waals surface area contributed by atoms with E-state index < -0.39 is 0 Å². The maximum Gasteiger partial charge on any atom is 2.00 e. The van der Waals surface area contributed by atoms with Gasteiger partial charge in [-0.1, -0.05) is 0 Å². The number of hydrogen-bond acceptors (Lipinski definition) is 4. The summed E-state index contributed by atoms with van der Waals surface area (Å²) in [6.45, 7) is 13.4. The van der Waals surface area contributed by atoms with Gasteiger partial charge < -0.3 is 32.2 Å². The molecule has 10 N–H and O–H groups in total. The Kier molecular flexibility index (Phi) is 18.9. The zero-order valence-corrected chi connectivity index (χ0v) is 14.9. The van der Waals surface area contributed by atoms with Crippen LogP contribution in [0.15, 0.2) is 0 Å². The van der Waals surface area contributed by atoms with Gasteiger partial charge in [0.2, 0.25) is 0 Å². The minimum atomic E-state index is 0. The maximum absolute atomic E-state index is 3.64. The van der Waals surface area contributed by atoms with Crippen molar-refractivity contribution in [2.45, 2.75) is 64.7 Å². The van der Waals surface area contributed by atoms with Crippen LogP contribution in [0.5, 0.6) is 0 Å². The van der Waals surface area contributed by atoms with Gasteiger partial charge in [-0.05, 0) is 53.6 Å². The van der Waals surface area contributed by atoms with Gasteiger partial charge in [0.15, 0.2) is 0 Å². The van der Waals surface area contributed by atoms with E-state index in [9.17, 15) is 0 Å². The van der Waals surface area contributed by atoms with E-state index in [2.05, 4.69) is 49.0 Å². The molecule has 1 aliphatic heterocycles. The van der Waals surface area contributed by atoms with Crippen LogP contribution in [-0.4, -0.2) is 50.3 Å². The summed E-state index contributed by atoms with van der Waals surface area (Å²) in [6, 6.07) is 2.26. The smallest absolute Gasteiger partial charge is 0.457 e. The van der Waals surface area contributed by atoms with E-state index in [1.54, 1.807) is 0 Å². The summed E-state index contributed by atoms with van der Waals surface area (Å²) in [6.07, 6.45) is 2.37. The van der Waals surface area contributed by atoms with Crippen LogP contribution < -0.4 is 21.3 Å². The molecule has 0 saturated carbocycles. The van der Waals surface area contributed by atoms with E-state index in [4.69, 9.17) is 0 Å². The van der Waals surface area contributed by atoms with Crippen molar-refractivity contribution >= 4 is 0 Å². The van der Waals surface area contributed by atoms with Gasteiger partial charge in [0, 0.05) is 37.3 Å². The Labute approximate surface area is 140 Å². The van der Waals surface area contributed by atoms with Crippen LogP contribution in [0.4, 0.5) is 0 Å². The molecule has 133 valence electrons. The summed E-state index contributed by atoms with van der Waals surface area (Å²) in [5.74, 6) is 0. The Morgan fingerprint density at radius 3 is 1.29 bits per heavy atom. The zero-order chi connectivity index (χ0) is 13.4. The average molecular weight is 358 g/mol. The topological polar surface area (TPSA) is 114 Å². The maximum atomic E-state index is 3.64. The first kappa shape index (κ1) is 26.2. The predicted octanol–water partition coefficient (Wildman–Crippen LogP) is -1.15. The molecule has 6 nitrogen and oxygen atoms in total. The van der Waals surface area contributed by atoms with Gasteiger partial charge in [-0.25, -0.2) is 0 Å². The minimum Gasteiger partial charge on any atom is -0.457 e. The fourth-order valence-corrected chi connectivity index (χ4v) is 2.53. The third-order valence-corrected chi connectivity index (χ3v) is 3.55. The molecule has 21 heavy (non-hydrogen) atoms. The fraction of sp³-hybridized carbons (Fsp3) is 1.00. The van der Waals surface area contributed by atoms with Gasteiger partial charge in [-0.15, -0.1) is 0 Å². The first-order valence-electron chi connectivity index (χ1n) is 7.51. The molecule has 0 aromatic rings. The van der Waals surface area contributed by atoms with Crippen LogP contribution in [0.3, 0.4) is 0 Å². The standard InChI is InChI=1S/C14H32N4.Cu.2H2O/c1-11-5-7-15-10-14(4)18-12(2)6-8-16-9-13(3)17-11;;;/h11-18H,5-10H2,1-4H3;;2*1H2/q;+2;;/p+2. The van der Waals surface area contributed by atoms with Gasteiger partial charge in [-0.2, -0.15) is 0 Å². The van der Waals surface area contributed by atoms with Crippen LogP contribution >= 0.6 is 0 Å². The van der Waals surface area contributed by atoms with Gasteiger partial charge in [0.25, 0.3) is 0 Å². The first-order chi connectivity index (χ1) is 8.58. The third-order valence-electron chi connectivity index (χ3n) is 3.55. The fourth-order valence-electron chi connectivity index (χ4n) is 2.53. The molecular weight excluding hydrogens is 320 g/mol. The van der Waals surface area contributed by atoms with Crippen molar-refractivity contribution in [3.8, 4) is 0 Å². The Morgan fingerprint density at radius 1 is 0.619 bits per heavy atom. The molecule has 0 amide bonds. The SMILES string of the molecule is CC1CCNCC(C)NC(C)CCNCC(C)N1.[Cu+2].[OH3+].[OH3+]. The van der Waals surface area contributed by atoms with Crippen molar-refractivity contribution in [1.29, 1.82) is 0 Å². The number of rotatable bonds is 0. The van der Waals surface area contributed by atoms with Crippen LogP contribution in [0, 0.1) is 0 Å². The van der Waals surface area contributed by atoms with Crippen molar-refractivity contribution in [3.63, 3.8) is 0 Å². The Balaban J connectivity index is -0.00000108. The Hall–Kier alpha value is 0.279. The first-order valence-corrected chi connectivity index (χ1v) is 7.51. The largest absolute Gasteiger partial charge is 2.00 e. The molecule has 1 saturated heterocycles. The second kappa shape index (κ2) is 15.2. The molecule has 1 radical (unpaired) electrons. The molecule has 7 heteroatoms. The van der Waals surface area contributed by atoms with E-state index in [1.807, 2.05) is 0 Å². The molecule has 4 unspecified atom stereocenters.